The lowest BCUT2D eigenvalue weighted by molar-refractivity contribution is 0.0345. The van der Waals surface area contributed by atoms with E-state index >= 15 is 0 Å². The topological polar surface area (TPSA) is 46.8 Å². The third-order valence-electron chi connectivity index (χ3n) is 7.22. The van der Waals surface area contributed by atoms with Crippen LogP contribution >= 0.6 is 11.3 Å². The first-order chi connectivity index (χ1) is 13.3. The summed E-state index contributed by atoms with van der Waals surface area (Å²) in [6.07, 6.45) is 14.9. The summed E-state index contributed by atoms with van der Waals surface area (Å²) >= 11 is 1.86. The van der Waals surface area contributed by atoms with Crippen molar-refractivity contribution in [3.05, 3.63) is 28.2 Å². The minimum atomic E-state index is 0.222. The molecule has 1 spiro atoms. The van der Waals surface area contributed by atoms with E-state index in [0.29, 0.717) is 11.5 Å². The first-order valence-corrected chi connectivity index (χ1v) is 11.8. The quantitative estimate of drug-likeness (QED) is 0.744. The predicted molar refractivity (Wildman–Crippen MR) is 108 cm³/mol. The van der Waals surface area contributed by atoms with Gasteiger partial charge in [-0.1, -0.05) is 38.2 Å². The summed E-state index contributed by atoms with van der Waals surface area (Å²) in [7, 11) is 0. The predicted octanol–water partition coefficient (Wildman–Crippen LogP) is 4.99. The highest BCUT2D eigenvalue weighted by atomic mass is 32.1. The van der Waals surface area contributed by atoms with E-state index in [2.05, 4.69) is 42.6 Å². The second kappa shape index (κ2) is 7.63. The van der Waals surface area contributed by atoms with Crippen LogP contribution in [0.5, 0.6) is 0 Å². The number of thiophene rings is 1. The Morgan fingerprint density at radius 3 is 2.63 bits per heavy atom. The second-order valence-corrected chi connectivity index (χ2v) is 9.95. The van der Waals surface area contributed by atoms with Crippen LogP contribution in [0, 0.1) is 5.41 Å². The Hall–Kier alpha value is -1.27. The number of nitrogens with zero attached hydrogens (tertiary/aromatic N) is 5. The molecule has 0 bridgehead atoms. The van der Waals surface area contributed by atoms with Crippen LogP contribution in [-0.2, 0) is 0 Å². The van der Waals surface area contributed by atoms with Gasteiger partial charge in [-0.05, 0) is 72.4 Å². The zero-order valence-electron chi connectivity index (χ0n) is 16.2. The molecule has 1 aliphatic heterocycles. The van der Waals surface area contributed by atoms with Gasteiger partial charge in [0.05, 0.1) is 6.04 Å². The van der Waals surface area contributed by atoms with Gasteiger partial charge in [0.25, 0.3) is 0 Å². The van der Waals surface area contributed by atoms with Crippen LogP contribution in [0.25, 0.3) is 0 Å². The van der Waals surface area contributed by atoms with Crippen molar-refractivity contribution in [2.75, 3.05) is 13.1 Å². The standard InChI is InChI=1S/C21H31N5S/c1-4-11-21(12-5-1)13-7-14-25(16-21)19(18-10-6-15-27-18)20-22-23-24-26(20)17-8-2-3-9-17/h6,10,15,17,19H,1-5,7-9,11-14,16H2/t19-/m0/s1. The Bertz CT molecular complexity index is 722. The van der Waals surface area contributed by atoms with E-state index in [-0.39, 0.29) is 6.04 Å². The van der Waals surface area contributed by atoms with E-state index in [1.807, 2.05) is 11.3 Å². The molecule has 3 aliphatic rings. The number of aromatic nitrogens is 4. The fraction of sp³-hybridized carbons (Fsp3) is 0.762. The van der Waals surface area contributed by atoms with E-state index in [4.69, 9.17) is 0 Å². The maximum atomic E-state index is 4.59. The molecule has 2 aromatic rings. The molecular weight excluding hydrogens is 354 g/mol. The van der Waals surface area contributed by atoms with Crippen molar-refractivity contribution >= 4 is 11.3 Å². The van der Waals surface area contributed by atoms with Crippen molar-refractivity contribution in [3.8, 4) is 0 Å². The van der Waals surface area contributed by atoms with Crippen LogP contribution in [-0.4, -0.2) is 38.2 Å². The Kier molecular flexibility index (Phi) is 5.03. The van der Waals surface area contributed by atoms with E-state index < -0.39 is 0 Å². The molecule has 27 heavy (non-hydrogen) atoms. The van der Waals surface area contributed by atoms with Gasteiger partial charge in [-0.15, -0.1) is 16.4 Å². The van der Waals surface area contributed by atoms with Crippen LogP contribution in [0.1, 0.15) is 93.4 Å². The van der Waals surface area contributed by atoms with Gasteiger partial charge in [0.1, 0.15) is 6.04 Å². The second-order valence-electron chi connectivity index (χ2n) is 8.97. The largest absolute Gasteiger partial charge is 0.288 e. The summed E-state index contributed by atoms with van der Waals surface area (Å²) < 4.78 is 2.18. The zero-order chi connectivity index (χ0) is 18.1. The number of tetrazole rings is 1. The van der Waals surface area contributed by atoms with Gasteiger partial charge in [0, 0.05) is 11.4 Å². The SMILES string of the molecule is c1csc([C@@H](c2nnnn2C2CCCC2)N2CCCC3(CCCCC3)C2)c1. The Morgan fingerprint density at radius 1 is 1.04 bits per heavy atom. The summed E-state index contributed by atoms with van der Waals surface area (Å²) in [5.41, 5.74) is 0.539. The molecule has 0 aromatic carbocycles. The molecule has 1 atom stereocenters. The molecule has 0 radical (unpaired) electrons. The highest BCUT2D eigenvalue weighted by molar-refractivity contribution is 7.10. The van der Waals surface area contributed by atoms with E-state index in [1.54, 1.807) is 0 Å². The molecule has 0 N–H and O–H groups in total. The van der Waals surface area contributed by atoms with Gasteiger partial charge in [0.15, 0.2) is 5.82 Å². The molecule has 3 fully saturated rings. The number of hydrogen-bond acceptors (Lipinski definition) is 5. The van der Waals surface area contributed by atoms with Crippen LogP contribution in [0.15, 0.2) is 17.5 Å². The molecular formula is C21H31N5S. The molecule has 2 aliphatic carbocycles. The average Bonchev–Trinajstić information content (AvgIpc) is 3.46. The molecule has 3 heterocycles. The molecule has 2 saturated carbocycles. The summed E-state index contributed by atoms with van der Waals surface area (Å²) in [6, 6.07) is 5.17. The Labute approximate surface area is 166 Å². The van der Waals surface area contributed by atoms with Crippen LogP contribution < -0.4 is 0 Å². The van der Waals surface area contributed by atoms with Crippen LogP contribution in [0.4, 0.5) is 0 Å². The van der Waals surface area contributed by atoms with Gasteiger partial charge in [-0.2, -0.15) is 0 Å². The third-order valence-corrected chi connectivity index (χ3v) is 8.14. The fourth-order valence-electron chi connectivity index (χ4n) is 5.88. The number of hydrogen-bond donors (Lipinski definition) is 0. The number of likely N-dealkylation sites (tertiary alicyclic amines) is 1. The molecule has 6 heteroatoms. The number of rotatable bonds is 4. The first kappa shape index (κ1) is 17.8. The highest BCUT2D eigenvalue weighted by Crippen LogP contribution is 2.46. The van der Waals surface area contributed by atoms with Crippen LogP contribution in [0.3, 0.4) is 0 Å². The average molecular weight is 386 g/mol. The van der Waals surface area contributed by atoms with Gasteiger partial charge < -0.3 is 0 Å². The normalized spacial score (nSPS) is 25.2. The monoisotopic (exact) mass is 385 g/mol. The minimum absolute atomic E-state index is 0.222. The first-order valence-electron chi connectivity index (χ1n) is 10.9. The van der Waals surface area contributed by atoms with E-state index in [0.717, 1.165) is 5.82 Å². The molecule has 1 saturated heterocycles. The third kappa shape index (κ3) is 3.46. The lowest BCUT2D eigenvalue weighted by atomic mass is 9.69. The minimum Gasteiger partial charge on any atom is -0.288 e. The van der Waals surface area contributed by atoms with Crippen molar-refractivity contribution in [1.82, 2.24) is 25.1 Å². The van der Waals surface area contributed by atoms with Gasteiger partial charge >= 0.3 is 0 Å². The molecule has 5 nitrogen and oxygen atoms in total. The maximum absolute atomic E-state index is 4.59. The van der Waals surface area contributed by atoms with Crippen molar-refractivity contribution in [2.24, 2.45) is 5.41 Å². The lowest BCUT2D eigenvalue weighted by Crippen LogP contribution is -2.46. The van der Waals surface area contributed by atoms with Crippen molar-refractivity contribution < 1.29 is 0 Å². The molecule has 146 valence electrons. The van der Waals surface area contributed by atoms with Crippen molar-refractivity contribution in [3.63, 3.8) is 0 Å². The van der Waals surface area contributed by atoms with Crippen molar-refractivity contribution in [2.45, 2.75) is 82.7 Å². The lowest BCUT2D eigenvalue weighted by Gasteiger charge is -2.47. The van der Waals surface area contributed by atoms with Gasteiger partial charge in [0.2, 0.25) is 0 Å². The highest BCUT2D eigenvalue weighted by Gasteiger charge is 2.41. The Morgan fingerprint density at radius 2 is 1.85 bits per heavy atom. The smallest absolute Gasteiger partial charge is 0.174 e. The van der Waals surface area contributed by atoms with E-state index in [9.17, 15) is 0 Å². The van der Waals surface area contributed by atoms with Crippen LogP contribution in [0.2, 0.25) is 0 Å². The van der Waals surface area contributed by atoms with E-state index in [1.165, 1.54) is 88.6 Å². The fourth-order valence-corrected chi connectivity index (χ4v) is 6.74. The summed E-state index contributed by atoms with van der Waals surface area (Å²) in [6.45, 7) is 2.38. The summed E-state index contributed by atoms with van der Waals surface area (Å²) in [5, 5.41) is 15.4. The zero-order valence-corrected chi connectivity index (χ0v) is 17.0. The van der Waals surface area contributed by atoms with Crippen molar-refractivity contribution in [1.29, 1.82) is 0 Å². The Balaban J connectivity index is 1.48. The van der Waals surface area contributed by atoms with Gasteiger partial charge in [-0.25, -0.2) is 4.68 Å². The number of piperidine rings is 1. The molecule has 2 aromatic heterocycles. The molecule has 0 unspecified atom stereocenters. The van der Waals surface area contributed by atoms with Gasteiger partial charge in [-0.3, -0.25) is 4.90 Å². The summed E-state index contributed by atoms with van der Waals surface area (Å²) in [4.78, 5) is 4.12. The molecule has 0 amide bonds. The summed E-state index contributed by atoms with van der Waals surface area (Å²) in [5.74, 6) is 1.08. The molecule has 5 rings (SSSR count). The maximum Gasteiger partial charge on any atom is 0.174 e.